The number of carbonyl (C=O) groups excluding carboxylic acids is 2. The monoisotopic (exact) mass is 407 g/mol. The van der Waals surface area contributed by atoms with Gasteiger partial charge in [0.25, 0.3) is 5.91 Å². The molecule has 0 fully saturated rings. The van der Waals surface area contributed by atoms with Gasteiger partial charge in [0.05, 0.1) is 6.54 Å². The number of halogens is 1. The molecule has 2 aromatic carbocycles. The molecule has 3 aromatic rings. The van der Waals surface area contributed by atoms with Crippen molar-refractivity contribution in [2.45, 2.75) is 26.4 Å². The van der Waals surface area contributed by atoms with Gasteiger partial charge in [0.15, 0.2) is 5.78 Å². The second-order valence-corrected chi connectivity index (χ2v) is 7.55. The molecule has 2 heterocycles. The van der Waals surface area contributed by atoms with Crippen LogP contribution in [0.15, 0.2) is 42.6 Å². The molecule has 0 aliphatic carbocycles. The summed E-state index contributed by atoms with van der Waals surface area (Å²) in [7, 11) is 1.70. The fourth-order valence-corrected chi connectivity index (χ4v) is 3.75. The van der Waals surface area contributed by atoms with Crippen LogP contribution in [0.2, 0.25) is 0 Å². The number of rotatable bonds is 5. The number of hydrogen-bond acceptors (Lipinski definition) is 4. The highest BCUT2D eigenvalue weighted by atomic mass is 19.1. The predicted molar refractivity (Wildman–Crippen MR) is 110 cm³/mol. The van der Waals surface area contributed by atoms with Gasteiger partial charge in [-0.3, -0.25) is 14.3 Å². The Morgan fingerprint density at radius 1 is 1.23 bits per heavy atom. The second-order valence-electron chi connectivity index (χ2n) is 7.55. The maximum atomic E-state index is 14.6. The maximum Gasteiger partial charge on any atom is 0.269 e. The first-order valence-electron chi connectivity index (χ1n) is 9.70. The van der Waals surface area contributed by atoms with Crippen molar-refractivity contribution in [2.75, 3.05) is 6.54 Å². The molecule has 1 amide bonds. The van der Waals surface area contributed by atoms with E-state index < -0.39 is 5.82 Å². The third kappa shape index (κ3) is 3.70. The summed E-state index contributed by atoms with van der Waals surface area (Å²) in [6.07, 6.45) is 1.90. The van der Waals surface area contributed by atoms with E-state index in [1.165, 1.54) is 23.7 Å². The number of ether oxygens (including phenoxy) is 1. The van der Waals surface area contributed by atoms with Gasteiger partial charge in [-0.2, -0.15) is 5.10 Å². The Balaban J connectivity index is 1.58. The van der Waals surface area contributed by atoms with Crippen LogP contribution < -0.4 is 10.1 Å². The van der Waals surface area contributed by atoms with Gasteiger partial charge >= 0.3 is 0 Å². The Morgan fingerprint density at radius 3 is 2.73 bits per heavy atom. The van der Waals surface area contributed by atoms with Crippen LogP contribution in [-0.2, 0) is 13.5 Å². The Hall–Kier alpha value is -3.48. The second kappa shape index (κ2) is 7.74. The van der Waals surface area contributed by atoms with Crippen LogP contribution in [0.4, 0.5) is 4.39 Å². The Bertz CT molecular complexity index is 1150. The maximum absolute atomic E-state index is 14.6. The summed E-state index contributed by atoms with van der Waals surface area (Å²) in [6, 6.07) is 9.86. The summed E-state index contributed by atoms with van der Waals surface area (Å²) in [5, 5.41) is 6.87. The minimum atomic E-state index is -0.413. The third-order valence-corrected chi connectivity index (χ3v) is 5.25. The molecular weight excluding hydrogens is 385 g/mol. The first-order chi connectivity index (χ1) is 14.3. The lowest BCUT2D eigenvalue weighted by Crippen LogP contribution is -2.35. The molecular formula is C23H22FN3O3. The van der Waals surface area contributed by atoms with Crippen LogP contribution in [-0.4, -0.2) is 34.1 Å². The highest BCUT2D eigenvalue weighted by molar-refractivity contribution is 5.95. The zero-order valence-corrected chi connectivity index (χ0v) is 17.0. The van der Waals surface area contributed by atoms with Crippen molar-refractivity contribution in [3.8, 4) is 16.9 Å². The van der Waals surface area contributed by atoms with Crippen LogP contribution in [0.3, 0.4) is 0 Å². The molecule has 0 bridgehead atoms. The van der Waals surface area contributed by atoms with E-state index in [2.05, 4.69) is 10.4 Å². The molecule has 1 aliphatic heterocycles. The molecule has 6 nitrogen and oxygen atoms in total. The van der Waals surface area contributed by atoms with Crippen LogP contribution in [0.5, 0.6) is 5.75 Å². The van der Waals surface area contributed by atoms with Gasteiger partial charge in [0, 0.05) is 36.4 Å². The fraction of sp³-hybridized carbons (Fsp3) is 0.261. The van der Waals surface area contributed by atoms with Crippen molar-refractivity contribution in [3.63, 3.8) is 0 Å². The lowest BCUT2D eigenvalue weighted by Gasteiger charge is -2.15. The summed E-state index contributed by atoms with van der Waals surface area (Å²) in [5.41, 5.74) is 3.79. The third-order valence-electron chi connectivity index (χ3n) is 5.25. The van der Waals surface area contributed by atoms with Crippen molar-refractivity contribution in [1.82, 2.24) is 15.1 Å². The van der Waals surface area contributed by atoms with E-state index in [4.69, 9.17) is 4.74 Å². The Labute approximate surface area is 173 Å². The number of hydrogen-bond donors (Lipinski definition) is 1. The molecule has 1 unspecified atom stereocenters. The van der Waals surface area contributed by atoms with Crippen molar-refractivity contribution in [2.24, 2.45) is 7.05 Å². The molecule has 4 rings (SSSR count). The Kier molecular flexibility index (Phi) is 5.11. The molecule has 154 valence electrons. The van der Waals surface area contributed by atoms with Gasteiger partial charge in [-0.25, -0.2) is 4.39 Å². The van der Waals surface area contributed by atoms with Crippen LogP contribution in [0.25, 0.3) is 11.1 Å². The standard InChI is InChI=1S/C23H22FN3O3/c1-13-8-16-10-17(12-25-23(29)21-6-7-26-27(21)3)30-22(16)19(9-13)18-11-15(14(2)28)4-5-20(18)24/h4-9,11,17H,10,12H2,1-3H3,(H,25,29). The van der Waals surface area contributed by atoms with Gasteiger partial charge in [0.1, 0.15) is 23.4 Å². The van der Waals surface area contributed by atoms with Gasteiger partial charge in [-0.05, 0) is 55.3 Å². The molecule has 0 spiro atoms. The van der Waals surface area contributed by atoms with Crippen LogP contribution >= 0.6 is 0 Å². The van der Waals surface area contributed by atoms with Crippen LogP contribution in [0, 0.1) is 12.7 Å². The van der Waals surface area contributed by atoms with E-state index >= 15 is 0 Å². The van der Waals surface area contributed by atoms with Crippen molar-refractivity contribution >= 4 is 11.7 Å². The number of amides is 1. The summed E-state index contributed by atoms with van der Waals surface area (Å²) in [4.78, 5) is 24.1. The highest BCUT2D eigenvalue weighted by Gasteiger charge is 2.28. The Morgan fingerprint density at radius 2 is 2.03 bits per heavy atom. The van der Waals surface area contributed by atoms with Crippen molar-refractivity contribution < 1.29 is 18.7 Å². The molecule has 1 aliphatic rings. The number of nitrogens with zero attached hydrogens (tertiary/aromatic N) is 2. The molecule has 0 saturated heterocycles. The molecule has 1 aromatic heterocycles. The van der Waals surface area contributed by atoms with Gasteiger partial charge in [-0.15, -0.1) is 0 Å². The van der Waals surface area contributed by atoms with E-state index in [0.717, 1.165) is 11.1 Å². The van der Waals surface area contributed by atoms with Gasteiger partial charge < -0.3 is 10.1 Å². The number of carbonyl (C=O) groups is 2. The summed E-state index contributed by atoms with van der Waals surface area (Å²) in [6.45, 7) is 3.70. The van der Waals surface area contributed by atoms with E-state index in [0.29, 0.717) is 41.1 Å². The van der Waals surface area contributed by atoms with Crippen LogP contribution in [0.1, 0.15) is 38.9 Å². The fourth-order valence-electron chi connectivity index (χ4n) is 3.75. The molecule has 1 atom stereocenters. The molecule has 1 N–H and O–H groups in total. The number of aromatic nitrogens is 2. The van der Waals surface area contributed by atoms with Crippen molar-refractivity contribution in [1.29, 1.82) is 0 Å². The van der Waals surface area contributed by atoms with E-state index in [-0.39, 0.29) is 17.8 Å². The largest absolute Gasteiger partial charge is 0.487 e. The summed E-state index contributed by atoms with van der Waals surface area (Å²) >= 11 is 0. The molecule has 7 heteroatoms. The van der Waals surface area contributed by atoms with Crippen molar-refractivity contribution in [3.05, 3.63) is 70.8 Å². The smallest absolute Gasteiger partial charge is 0.269 e. The molecule has 0 radical (unpaired) electrons. The molecule has 30 heavy (non-hydrogen) atoms. The average Bonchev–Trinajstić information content (AvgIpc) is 3.31. The van der Waals surface area contributed by atoms with E-state index in [9.17, 15) is 14.0 Å². The van der Waals surface area contributed by atoms with Gasteiger partial charge in [0.2, 0.25) is 0 Å². The normalized spacial score (nSPS) is 14.9. The molecule has 0 saturated carbocycles. The first-order valence-corrected chi connectivity index (χ1v) is 9.70. The van der Waals surface area contributed by atoms with E-state index in [1.54, 1.807) is 25.4 Å². The lowest BCUT2D eigenvalue weighted by atomic mass is 9.95. The zero-order chi connectivity index (χ0) is 21.4. The van der Waals surface area contributed by atoms with Gasteiger partial charge in [-0.1, -0.05) is 6.07 Å². The number of fused-ring (bicyclic) bond motifs is 1. The average molecular weight is 407 g/mol. The topological polar surface area (TPSA) is 73.2 Å². The quantitative estimate of drug-likeness (QED) is 0.658. The minimum absolute atomic E-state index is 0.128. The predicted octanol–water partition coefficient (Wildman–Crippen LogP) is 3.47. The number of aryl methyl sites for hydroxylation is 2. The SMILES string of the molecule is CC(=O)c1ccc(F)c(-c2cc(C)cc3c2OC(CNC(=O)c2ccnn2C)C3)c1. The minimum Gasteiger partial charge on any atom is -0.487 e. The summed E-state index contributed by atoms with van der Waals surface area (Å²) in [5.74, 6) is -0.173. The first kappa shape index (κ1) is 19.8. The number of nitrogens with one attached hydrogen (secondary N) is 1. The number of ketones is 1. The number of Topliss-reactive ketones (excluding diaryl/α,β-unsaturated/α-hetero) is 1. The highest BCUT2D eigenvalue weighted by Crippen LogP contribution is 2.41. The zero-order valence-electron chi connectivity index (χ0n) is 17.0. The number of benzene rings is 2. The lowest BCUT2D eigenvalue weighted by molar-refractivity contribution is 0.0923. The van der Waals surface area contributed by atoms with E-state index in [1.807, 2.05) is 19.1 Å². The summed E-state index contributed by atoms with van der Waals surface area (Å²) < 4.78 is 22.3.